The average molecular weight is 251 g/mol. The summed E-state index contributed by atoms with van der Waals surface area (Å²) in [7, 11) is 1.70. The minimum absolute atomic E-state index is 0.0203. The summed E-state index contributed by atoms with van der Waals surface area (Å²) >= 11 is 0. The Balaban J connectivity index is 2.69. The summed E-state index contributed by atoms with van der Waals surface area (Å²) < 4.78 is 11.0. The highest BCUT2D eigenvalue weighted by Crippen LogP contribution is 2.25. The maximum absolute atomic E-state index is 6.18. The molecule has 0 aliphatic heterocycles. The first-order valence-electron chi connectivity index (χ1n) is 6.62. The van der Waals surface area contributed by atoms with Gasteiger partial charge in [0, 0.05) is 26.4 Å². The average Bonchev–Trinajstić information content (AvgIpc) is 2.39. The van der Waals surface area contributed by atoms with E-state index in [2.05, 4.69) is 26.0 Å². The molecule has 0 fully saturated rings. The Morgan fingerprint density at radius 3 is 2.56 bits per heavy atom. The van der Waals surface area contributed by atoms with Gasteiger partial charge in [0.1, 0.15) is 0 Å². The summed E-state index contributed by atoms with van der Waals surface area (Å²) in [6.45, 7) is 5.60. The molecule has 3 heteroatoms. The molecule has 0 aliphatic carbocycles. The van der Waals surface area contributed by atoms with Crippen LogP contribution in [0.4, 0.5) is 0 Å². The van der Waals surface area contributed by atoms with Crippen LogP contribution in [0.1, 0.15) is 37.0 Å². The Kier molecular flexibility index (Phi) is 6.94. The molecular weight excluding hydrogens is 226 g/mol. The van der Waals surface area contributed by atoms with Crippen LogP contribution in [0, 0.1) is 6.92 Å². The topological polar surface area (TPSA) is 44.5 Å². The lowest BCUT2D eigenvalue weighted by Crippen LogP contribution is -2.30. The normalized spacial score (nSPS) is 14.4. The minimum atomic E-state index is -0.0203. The van der Waals surface area contributed by atoms with Crippen molar-refractivity contribution >= 4 is 0 Å². The summed E-state index contributed by atoms with van der Waals surface area (Å²) in [5, 5.41) is 0. The van der Waals surface area contributed by atoms with Gasteiger partial charge < -0.3 is 15.2 Å². The Bertz CT molecular complexity index is 341. The fourth-order valence-corrected chi connectivity index (χ4v) is 1.98. The van der Waals surface area contributed by atoms with Crippen LogP contribution in [0.25, 0.3) is 0 Å². The van der Waals surface area contributed by atoms with E-state index in [1.807, 2.05) is 12.1 Å². The van der Waals surface area contributed by atoms with Crippen molar-refractivity contribution < 1.29 is 9.47 Å². The van der Waals surface area contributed by atoms with Gasteiger partial charge in [0.25, 0.3) is 0 Å². The van der Waals surface area contributed by atoms with E-state index in [-0.39, 0.29) is 12.1 Å². The lowest BCUT2D eigenvalue weighted by Gasteiger charge is -2.25. The smallest absolute Gasteiger partial charge is 0.0978 e. The van der Waals surface area contributed by atoms with Crippen molar-refractivity contribution in [1.29, 1.82) is 0 Å². The van der Waals surface area contributed by atoms with Gasteiger partial charge in [-0.05, 0) is 30.9 Å². The van der Waals surface area contributed by atoms with Crippen LogP contribution in [0.5, 0.6) is 0 Å². The molecule has 2 unspecified atom stereocenters. The number of methoxy groups -OCH3 is 1. The van der Waals surface area contributed by atoms with Gasteiger partial charge in [-0.25, -0.2) is 0 Å². The largest absolute Gasteiger partial charge is 0.385 e. The SMILES string of the molecule is CCC(N)C(OCCCOC)c1ccccc1C. The molecule has 1 rings (SSSR count). The molecule has 1 aromatic carbocycles. The van der Waals surface area contributed by atoms with E-state index < -0.39 is 0 Å². The Hall–Kier alpha value is -0.900. The summed E-state index contributed by atoms with van der Waals surface area (Å²) in [6, 6.07) is 8.32. The quantitative estimate of drug-likeness (QED) is 0.723. The number of hydrogen-bond acceptors (Lipinski definition) is 3. The molecule has 0 saturated carbocycles. The molecule has 102 valence electrons. The lowest BCUT2D eigenvalue weighted by molar-refractivity contribution is 0.0219. The molecule has 2 atom stereocenters. The molecule has 0 saturated heterocycles. The van der Waals surface area contributed by atoms with Gasteiger partial charge in [0.15, 0.2) is 0 Å². The zero-order valence-corrected chi connectivity index (χ0v) is 11.7. The monoisotopic (exact) mass is 251 g/mol. The Morgan fingerprint density at radius 1 is 1.22 bits per heavy atom. The first-order chi connectivity index (χ1) is 8.70. The van der Waals surface area contributed by atoms with Crippen LogP contribution in [0.3, 0.4) is 0 Å². The molecule has 0 radical (unpaired) electrons. The number of hydrogen-bond donors (Lipinski definition) is 1. The van der Waals surface area contributed by atoms with Crippen molar-refractivity contribution in [3.05, 3.63) is 35.4 Å². The number of rotatable bonds is 8. The predicted octanol–water partition coefficient (Wildman–Crippen LogP) is 2.83. The third-order valence-electron chi connectivity index (χ3n) is 3.15. The molecule has 0 spiro atoms. The van der Waals surface area contributed by atoms with Crippen LogP contribution >= 0.6 is 0 Å². The third kappa shape index (κ3) is 4.41. The summed E-state index contributed by atoms with van der Waals surface area (Å²) in [4.78, 5) is 0. The summed E-state index contributed by atoms with van der Waals surface area (Å²) in [5.41, 5.74) is 8.61. The second-order valence-electron chi connectivity index (χ2n) is 4.57. The lowest BCUT2D eigenvalue weighted by atomic mass is 9.97. The van der Waals surface area contributed by atoms with Crippen LogP contribution in [-0.4, -0.2) is 26.4 Å². The zero-order chi connectivity index (χ0) is 13.4. The number of aryl methyl sites for hydroxylation is 1. The molecule has 0 aliphatic rings. The molecule has 18 heavy (non-hydrogen) atoms. The first kappa shape index (κ1) is 15.2. The van der Waals surface area contributed by atoms with Crippen LogP contribution in [0.2, 0.25) is 0 Å². The highest BCUT2D eigenvalue weighted by molar-refractivity contribution is 5.28. The molecule has 2 N–H and O–H groups in total. The van der Waals surface area contributed by atoms with E-state index in [1.165, 1.54) is 11.1 Å². The van der Waals surface area contributed by atoms with Gasteiger partial charge >= 0.3 is 0 Å². The second kappa shape index (κ2) is 8.25. The minimum Gasteiger partial charge on any atom is -0.385 e. The first-order valence-corrected chi connectivity index (χ1v) is 6.62. The van der Waals surface area contributed by atoms with E-state index in [0.29, 0.717) is 6.61 Å². The van der Waals surface area contributed by atoms with Gasteiger partial charge in [-0.1, -0.05) is 31.2 Å². The molecule has 0 aromatic heterocycles. The summed E-state index contributed by atoms with van der Waals surface area (Å²) in [6.07, 6.45) is 1.78. The maximum Gasteiger partial charge on any atom is 0.0978 e. The van der Waals surface area contributed by atoms with Gasteiger partial charge in [-0.2, -0.15) is 0 Å². The molecular formula is C15H25NO2. The standard InChI is InChI=1S/C15H25NO2/c1-4-14(16)15(18-11-7-10-17-3)13-9-6-5-8-12(13)2/h5-6,8-9,14-15H,4,7,10-11,16H2,1-3H3. The number of benzene rings is 1. The van der Waals surface area contributed by atoms with Gasteiger partial charge in [0.05, 0.1) is 6.10 Å². The molecule has 0 bridgehead atoms. The molecule has 1 aromatic rings. The number of nitrogens with two attached hydrogens (primary N) is 1. The predicted molar refractivity (Wildman–Crippen MR) is 74.6 cm³/mol. The van der Waals surface area contributed by atoms with E-state index in [1.54, 1.807) is 7.11 Å². The second-order valence-corrected chi connectivity index (χ2v) is 4.57. The van der Waals surface area contributed by atoms with Gasteiger partial charge in [-0.3, -0.25) is 0 Å². The van der Waals surface area contributed by atoms with E-state index in [9.17, 15) is 0 Å². The Labute approximate surface area is 110 Å². The van der Waals surface area contributed by atoms with Crippen molar-refractivity contribution in [3.8, 4) is 0 Å². The van der Waals surface area contributed by atoms with Gasteiger partial charge in [-0.15, -0.1) is 0 Å². The third-order valence-corrected chi connectivity index (χ3v) is 3.15. The highest BCUT2D eigenvalue weighted by Gasteiger charge is 2.20. The van der Waals surface area contributed by atoms with Crippen LogP contribution < -0.4 is 5.73 Å². The van der Waals surface area contributed by atoms with E-state index in [4.69, 9.17) is 15.2 Å². The Morgan fingerprint density at radius 2 is 1.94 bits per heavy atom. The maximum atomic E-state index is 6.18. The van der Waals surface area contributed by atoms with E-state index >= 15 is 0 Å². The highest BCUT2D eigenvalue weighted by atomic mass is 16.5. The van der Waals surface area contributed by atoms with Crippen molar-refractivity contribution in [2.24, 2.45) is 5.73 Å². The fourth-order valence-electron chi connectivity index (χ4n) is 1.98. The van der Waals surface area contributed by atoms with E-state index in [0.717, 1.165) is 19.4 Å². The van der Waals surface area contributed by atoms with Crippen molar-refractivity contribution in [2.45, 2.75) is 38.8 Å². The molecule has 0 heterocycles. The van der Waals surface area contributed by atoms with Crippen molar-refractivity contribution in [3.63, 3.8) is 0 Å². The van der Waals surface area contributed by atoms with Crippen LogP contribution in [0.15, 0.2) is 24.3 Å². The van der Waals surface area contributed by atoms with Crippen LogP contribution in [-0.2, 0) is 9.47 Å². The summed E-state index contributed by atoms with van der Waals surface area (Å²) in [5.74, 6) is 0. The van der Waals surface area contributed by atoms with Crippen molar-refractivity contribution in [2.75, 3.05) is 20.3 Å². The fraction of sp³-hybridized carbons (Fsp3) is 0.600. The van der Waals surface area contributed by atoms with Crippen molar-refractivity contribution in [1.82, 2.24) is 0 Å². The number of ether oxygens (including phenoxy) is 2. The zero-order valence-electron chi connectivity index (χ0n) is 11.7. The molecule has 0 amide bonds. The molecule has 3 nitrogen and oxygen atoms in total. The van der Waals surface area contributed by atoms with Gasteiger partial charge in [0.2, 0.25) is 0 Å².